The largest absolute Gasteiger partial charge is 0.479 e. The highest BCUT2D eigenvalue weighted by Gasteiger charge is 2.45. The van der Waals surface area contributed by atoms with Gasteiger partial charge >= 0.3 is 5.97 Å². The summed E-state index contributed by atoms with van der Waals surface area (Å²) in [7, 11) is 0. The normalized spacial score (nSPS) is 17.1. The van der Waals surface area contributed by atoms with Crippen molar-refractivity contribution in [2.24, 2.45) is 0 Å². The van der Waals surface area contributed by atoms with Crippen molar-refractivity contribution in [1.82, 2.24) is 24.1 Å². The molecule has 1 saturated heterocycles. The maximum atomic E-state index is 12.7. The number of imidazole rings is 1. The van der Waals surface area contributed by atoms with Crippen LogP contribution in [0.15, 0.2) is 30.2 Å². The van der Waals surface area contributed by atoms with Crippen molar-refractivity contribution in [3.05, 3.63) is 41.4 Å². The van der Waals surface area contributed by atoms with Crippen molar-refractivity contribution in [1.29, 1.82) is 0 Å². The van der Waals surface area contributed by atoms with E-state index in [2.05, 4.69) is 10.1 Å². The van der Waals surface area contributed by atoms with Crippen molar-refractivity contribution in [3.63, 3.8) is 0 Å². The lowest BCUT2D eigenvalue weighted by Gasteiger charge is -2.38. The number of carbonyl (C=O) groups excluding carboxylic acids is 1. The zero-order valence-electron chi connectivity index (χ0n) is 13.6. The number of hydrogen-bond donors (Lipinski definition) is 1. The summed E-state index contributed by atoms with van der Waals surface area (Å²) in [4.78, 5) is 31.4. The third kappa shape index (κ3) is 2.51. The molecule has 1 amide bonds. The van der Waals surface area contributed by atoms with E-state index in [9.17, 15) is 14.7 Å². The van der Waals surface area contributed by atoms with Gasteiger partial charge in [0, 0.05) is 49.9 Å². The average molecular weight is 359 g/mol. The van der Waals surface area contributed by atoms with Crippen LogP contribution in [-0.4, -0.2) is 54.1 Å². The highest BCUT2D eigenvalue weighted by atomic mass is 32.1. The summed E-state index contributed by atoms with van der Waals surface area (Å²) in [6, 6.07) is 0. The van der Waals surface area contributed by atoms with Crippen LogP contribution >= 0.6 is 11.3 Å². The molecular weight excluding hydrogens is 342 g/mol. The van der Waals surface area contributed by atoms with Crippen molar-refractivity contribution >= 4 is 28.2 Å². The van der Waals surface area contributed by atoms with E-state index in [1.54, 1.807) is 23.5 Å². The molecule has 25 heavy (non-hydrogen) atoms. The Morgan fingerprint density at radius 3 is 2.64 bits per heavy atom. The lowest BCUT2D eigenvalue weighted by Crippen LogP contribution is -2.52. The predicted octanol–water partition coefficient (Wildman–Crippen LogP) is 1.62. The molecule has 0 aromatic carbocycles. The quantitative estimate of drug-likeness (QED) is 0.767. The van der Waals surface area contributed by atoms with Crippen molar-refractivity contribution in [2.45, 2.75) is 25.3 Å². The summed E-state index contributed by atoms with van der Waals surface area (Å²) < 4.78 is 3.34. The van der Waals surface area contributed by atoms with Gasteiger partial charge in [0.2, 0.25) is 0 Å². The molecule has 0 unspecified atom stereocenters. The van der Waals surface area contributed by atoms with Gasteiger partial charge in [0.05, 0.1) is 6.20 Å². The molecule has 3 aromatic heterocycles. The van der Waals surface area contributed by atoms with Crippen molar-refractivity contribution in [2.75, 3.05) is 13.1 Å². The second-order valence-electron chi connectivity index (χ2n) is 6.31. The Bertz CT molecular complexity index is 919. The van der Waals surface area contributed by atoms with Gasteiger partial charge in [-0.1, -0.05) is 0 Å². The molecule has 4 rings (SSSR count). The summed E-state index contributed by atoms with van der Waals surface area (Å²) in [5, 5.41) is 15.9. The minimum Gasteiger partial charge on any atom is -0.479 e. The Labute approximate surface area is 147 Å². The van der Waals surface area contributed by atoms with Crippen LogP contribution in [0.2, 0.25) is 0 Å². The summed E-state index contributed by atoms with van der Waals surface area (Å²) in [6.07, 6.45) is 7.60. The molecule has 8 nitrogen and oxygen atoms in total. The van der Waals surface area contributed by atoms with Gasteiger partial charge in [0.15, 0.2) is 10.5 Å². The maximum Gasteiger partial charge on any atom is 0.331 e. The van der Waals surface area contributed by atoms with Crippen LogP contribution in [0, 0.1) is 6.92 Å². The molecule has 1 N–H and O–H groups in total. The Kier molecular flexibility index (Phi) is 3.60. The van der Waals surface area contributed by atoms with Crippen LogP contribution in [0.1, 0.15) is 28.9 Å². The molecule has 9 heteroatoms. The molecule has 4 heterocycles. The number of aryl methyl sites for hydroxylation is 1. The topological polar surface area (TPSA) is 92.7 Å². The molecule has 0 bridgehead atoms. The van der Waals surface area contributed by atoms with Crippen LogP contribution in [0.5, 0.6) is 0 Å². The van der Waals surface area contributed by atoms with E-state index in [-0.39, 0.29) is 5.91 Å². The van der Waals surface area contributed by atoms with E-state index in [0.717, 1.165) is 10.5 Å². The third-order valence-corrected chi connectivity index (χ3v) is 5.51. The Morgan fingerprint density at radius 2 is 2.04 bits per heavy atom. The minimum atomic E-state index is -1.10. The molecule has 0 atom stereocenters. The number of rotatable bonds is 3. The van der Waals surface area contributed by atoms with E-state index >= 15 is 0 Å². The first-order valence-corrected chi connectivity index (χ1v) is 8.84. The number of carboxylic acid groups (broad SMARTS) is 1. The molecule has 130 valence electrons. The number of carboxylic acids is 1. The fourth-order valence-electron chi connectivity index (χ4n) is 3.26. The number of fused-ring (bicyclic) bond motifs is 1. The molecule has 1 aliphatic heterocycles. The summed E-state index contributed by atoms with van der Waals surface area (Å²) in [6.45, 7) is 2.59. The summed E-state index contributed by atoms with van der Waals surface area (Å²) >= 11 is 1.47. The summed E-state index contributed by atoms with van der Waals surface area (Å²) in [5.74, 6) is -1.07. The van der Waals surface area contributed by atoms with Crippen molar-refractivity contribution < 1.29 is 14.7 Å². The lowest BCUT2D eigenvalue weighted by molar-refractivity contribution is -0.150. The first kappa shape index (κ1) is 15.8. The first-order valence-electron chi connectivity index (χ1n) is 7.96. The number of likely N-dealkylation sites (tertiary alicyclic amines) is 1. The minimum absolute atomic E-state index is 0.161. The fourth-order valence-corrected chi connectivity index (χ4v) is 3.96. The van der Waals surface area contributed by atoms with Crippen LogP contribution in [0.3, 0.4) is 0 Å². The smallest absolute Gasteiger partial charge is 0.331 e. The van der Waals surface area contributed by atoms with E-state index in [1.807, 2.05) is 22.9 Å². The number of aliphatic carboxylic acids is 1. The Balaban J connectivity index is 1.54. The molecule has 1 aliphatic rings. The number of piperidine rings is 1. The molecule has 1 fully saturated rings. The van der Waals surface area contributed by atoms with Gasteiger partial charge in [-0.3, -0.25) is 13.9 Å². The maximum absolute atomic E-state index is 12.7. The van der Waals surface area contributed by atoms with Gasteiger partial charge in [-0.25, -0.2) is 9.78 Å². The molecule has 0 aliphatic carbocycles. The Morgan fingerprint density at radius 1 is 1.28 bits per heavy atom. The number of aromatic nitrogens is 4. The number of thiazole rings is 1. The third-order valence-electron chi connectivity index (χ3n) is 4.74. The Hall–Kier alpha value is -2.68. The van der Waals surface area contributed by atoms with Crippen molar-refractivity contribution in [3.8, 4) is 0 Å². The van der Waals surface area contributed by atoms with Gasteiger partial charge in [-0.2, -0.15) is 5.10 Å². The first-order chi connectivity index (χ1) is 12.0. The predicted molar refractivity (Wildman–Crippen MR) is 90.8 cm³/mol. The van der Waals surface area contributed by atoms with Gasteiger partial charge in [0.25, 0.3) is 5.91 Å². The summed E-state index contributed by atoms with van der Waals surface area (Å²) in [5.41, 5.74) is 0.210. The van der Waals surface area contributed by atoms with E-state index in [1.165, 1.54) is 16.0 Å². The van der Waals surface area contributed by atoms with Gasteiger partial charge < -0.3 is 10.0 Å². The average Bonchev–Trinajstić information content (AvgIpc) is 3.29. The molecule has 0 saturated carbocycles. The van der Waals surface area contributed by atoms with Crippen LogP contribution in [-0.2, 0) is 10.3 Å². The zero-order chi connectivity index (χ0) is 17.6. The van der Waals surface area contributed by atoms with E-state index in [4.69, 9.17) is 0 Å². The highest BCUT2D eigenvalue weighted by molar-refractivity contribution is 7.15. The molecule has 0 spiro atoms. The van der Waals surface area contributed by atoms with Crippen LogP contribution in [0.4, 0.5) is 0 Å². The standard InChI is InChI=1S/C16H17N5O3S/c1-11-8-17-21(9-11)16(14(23)24)2-4-19(5-3-16)13(22)12-10-20-6-7-25-15(20)18-12/h6-10H,2-5H2,1H3,(H,23,24). The molecule has 0 radical (unpaired) electrons. The number of carbonyl (C=O) groups is 2. The molecular formula is C16H17N5O3S. The lowest BCUT2D eigenvalue weighted by atomic mass is 9.87. The van der Waals surface area contributed by atoms with Gasteiger partial charge in [-0.05, 0) is 12.5 Å². The van der Waals surface area contributed by atoms with Crippen LogP contribution < -0.4 is 0 Å². The molecule has 3 aromatic rings. The SMILES string of the molecule is Cc1cnn(C2(C(=O)O)CCN(C(=O)c3cn4ccsc4n3)CC2)c1. The van der Waals surface area contributed by atoms with E-state index < -0.39 is 11.5 Å². The highest BCUT2D eigenvalue weighted by Crippen LogP contribution is 2.31. The van der Waals surface area contributed by atoms with Crippen LogP contribution in [0.25, 0.3) is 4.96 Å². The second kappa shape index (κ2) is 5.69. The number of hydrogen-bond acceptors (Lipinski definition) is 5. The zero-order valence-corrected chi connectivity index (χ0v) is 14.4. The number of nitrogens with zero attached hydrogens (tertiary/aromatic N) is 5. The second-order valence-corrected chi connectivity index (χ2v) is 7.18. The fraction of sp³-hybridized carbons (Fsp3) is 0.375. The van der Waals surface area contributed by atoms with Gasteiger partial charge in [-0.15, -0.1) is 11.3 Å². The number of amides is 1. The van der Waals surface area contributed by atoms with Gasteiger partial charge in [0.1, 0.15) is 5.69 Å². The monoisotopic (exact) mass is 359 g/mol. The van der Waals surface area contributed by atoms with E-state index in [0.29, 0.717) is 31.6 Å².